The van der Waals surface area contributed by atoms with Crippen LogP contribution in [0.15, 0.2) is 53.9 Å². The van der Waals surface area contributed by atoms with Gasteiger partial charge in [-0.2, -0.15) is 0 Å². The standard InChI is InChI=1S/C26H34FN9O2/c1-6-31-19-15-32-25(36-9-11-38-12-10-36)35-22(19)23(29)33-18-13-16(7-8-17(18)27)24(37)34-21(28)14-20(30-5)26(2,3)4/h6-8,13-15,30-31H,1,9-12H2,2-5H3,(H2,29,33)(H2,28,34,37). The highest BCUT2D eigenvalue weighted by molar-refractivity contribution is 6.09. The molecule has 1 aliphatic heterocycles. The largest absolute Gasteiger partial charge is 0.391 e. The summed E-state index contributed by atoms with van der Waals surface area (Å²) in [5.41, 5.74) is 7.44. The first-order valence-electron chi connectivity index (χ1n) is 12.0. The SMILES string of the molecule is C=CNc1cnc(N2CCOCC2)nc1C(N)=Nc1cc(C(=O)NC(=N)C=C(NC)C(C)(C)C)ccc1F. The van der Waals surface area contributed by atoms with E-state index in [2.05, 4.69) is 37.5 Å². The summed E-state index contributed by atoms with van der Waals surface area (Å²) < 4.78 is 20.1. The van der Waals surface area contributed by atoms with Gasteiger partial charge >= 0.3 is 0 Å². The zero-order valence-electron chi connectivity index (χ0n) is 22.1. The second-order valence-corrected chi connectivity index (χ2v) is 9.47. The molecule has 2 aromatic rings. The third-order valence-electron chi connectivity index (χ3n) is 5.63. The Bertz CT molecular complexity index is 1260. The Hall–Kier alpha value is -4.32. The van der Waals surface area contributed by atoms with E-state index in [4.69, 9.17) is 15.9 Å². The number of nitrogens with one attached hydrogen (secondary N) is 4. The zero-order valence-corrected chi connectivity index (χ0v) is 22.1. The molecule has 0 radical (unpaired) electrons. The van der Waals surface area contributed by atoms with Crippen molar-refractivity contribution in [2.24, 2.45) is 16.1 Å². The van der Waals surface area contributed by atoms with Crippen molar-refractivity contribution in [1.29, 1.82) is 5.41 Å². The number of benzene rings is 1. The molecule has 6 N–H and O–H groups in total. The van der Waals surface area contributed by atoms with Crippen LogP contribution >= 0.6 is 0 Å². The van der Waals surface area contributed by atoms with Crippen molar-refractivity contribution >= 4 is 34.9 Å². The van der Waals surface area contributed by atoms with Crippen molar-refractivity contribution < 1.29 is 13.9 Å². The molecule has 1 fully saturated rings. The summed E-state index contributed by atoms with van der Waals surface area (Å²) in [7, 11) is 1.75. The highest BCUT2D eigenvalue weighted by Gasteiger charge is 2.19. The fourth-order valence-corrected chi connectivity index (χ4v) is 3.66. The number of carbonyl (C=O) groups excluding carboxylic acids is 1. The lowest BCUT2D eigenvalue weighted by Gasteiger charge is -2.27. The summed E-state index contributed by atoms with van der Waals surface area (Å²) in [6.45, 7) is 11.9. The van der Waals surface area contributed by atoms with Crippen molar-refractivity contribution in [2.45, 2.75) is 20.8 Å². The van der Waals surface area contributed by atoms with Gasteiger partial charge in [0.1, 0.15) is 23.0 Å². The first kappa shape index (κ1) is 28.3. The first-order chi connectivity index (χ1) is 18.0. The summed E-state index contributed by atoms with van der Waals surface area (Å²) in [5.74, 6) is -1.02. The van der Waals surface area contributed by atoms with Crippen molar-refractivity contribution in [3.05, 3.63) is 66.0 Å². The molecule has 2 heterocycles. The molecule has 11 nitrogen and oxygen atoms in total. The van der Waals surface area contributed by atoms with Crippen molar-refractivity contribution in [3.8, 4) is 0 Å². The Morgan fingerprint density at radius 1 is 1.32 bits per heavy atom. The normalized spacial score (nSPS) is 14.6. The van der Waals surface area contributed by atoms with E-state index >= 15 is 0 Å². The summed E-state index contributed by atoms with van der Waals surface area (Å²) in [5, 5.41) is 16.6. The summed E-state index contributed by atoms with van der Waals surface area (Å²) in [6, 6.07) is 3.70. The molecule has 1 aliphatic rings. The molecule has 3 rings (SSSR count). The van der Waals surface area contributed by atoms with Gasteiger partial charge in [0.25, 0.3) is 5.91 Å². The molecule has 1 aromatic carbocycles. The third-order valence-corrected chi connectivity index (χ3v) is 5.63. The number of ether oxygens (including phenoxy) is 1. The fraction of sp³-hybridized carbons (Fsp3) is 0.346. The van der Waals surface area contributed by atoms with Crippen LogP contribution in [0, 0.1) is 16.6 Å². The van der Waals surface area contributed by atoms with Crippen LogP contribution in [-0.4, -0.2) is 60.9 Å². The number of nitrogens with zero attached hydrogens (tertiary/aromatic N) is 4. The number of allylic oxidation sites excluding steroid dienone is 1. The number of aromatic nitrogens is 2. The molecule has 1 amide bonds. The Kier molecular flexibility index (Phi) is 9.13. The Balaban J connectivity index is 1.89. The number of nitrogens with two attached hydrogens (primary N) is 1. The number of morpholine rings is 1. The molecule has 0 aliphatic carbocycles. The average Bonchev–Trinajstić information content (AvgIpc) is 2.88. The number of hydrogen-bond donors (Lipinski definition) is 5. The van der Waals surface area contributed by atoms with Gasteiger partial charge in [-0.1, -0.05) is 27.4 Å². The van der Waals surface area contributed by atoms with Gasteiger partial charge in [-0.05, 0) is 30.5 Å². The number of amides is 1. The Morgan fingerprint density at radius 3 is 2.66 bits per heavy atom. The van der Waals surface area contributed by atoms with Gasteiger partial charge in [-0.25, -0.2) is 19.4 Å². The number of aliphatic imine (C=N–C) groups is 1. The van der Waals surface area contributed by atoms with E-state index in [-0.39, 0.29) is 34.0 Å². The zero-order chi connectivity index (χ0) is 27.9. The second-order valence-electron chi connectivity index (χ2n) is 9.47. The lowest BCUT2D eigenvalue weighted by Crippen LogP contribution is -2.37. The number of halogens is 1. The minimum absolute atomic E-state index is 0.0813. The second kappa shape index (κ2) is 12.3. The van der Waals surface area contributed by atoms with Gasteiger partial charge in [-0.3, -0.25) is 10.2 Å². The maximum Gasteiger partial charge on any atom is 0.256 e. The van der Waals surface area contributed by atoms with E-state index in [1.54, 1.807) is 13.2 Å². The molecule has 0 spiro atoms. The fourth-order valence-electron chi connectivity index (χ4n) is 3.66. The predicted molar refractivity (Wildman–Crippen MR) is 147 cm³/mol. The Morgan fingerprint density at radius 2 is 2.03 bits per heavy atom. The molecule has 38 heavy (non-hydrogen) atoms. The van der Waals surface area contributed by atoms with Crippen molar-refractivity contribution in [2.75, 3.05) is 43.6 Å². The summed E-state index contributed by atoms with van der Waals surface area (Å²) in [4.78, 5) is 27.9. The Labute approximate surface area is 221 Å². The van der Waals surface area contributed by atoms with Crippen molar-refractivity contribution in [3.63, 3.8) is 0 Å². The van der Waals surface area contributed by atoms with Gasteiger partial charge < -0.3 is 31.3 Å². The molecule has 0 unspecified atom stereocenters. The molecule has 202 valence electrons. The monoisotopic (exact) mass is 523 g/mol. The van der Waals surface area contributed by atoms with E-state index in [9.17, 15) is 9.18 Å². The predicted octanol–water partition coefficient (Wildman–Crippen LogP) is 2.90. The maximum absolute atomic E-state index is 14.7. The molecule has 1 saturated heterocycles. The maximum atomic E-state index is 14.7. The minimum atomic E-state index is -0.676. The van der Waals surface area contributed by atoms with Crippen LogP contribution in [-0.2, 0) is 4.74 Å². The van der Waals surface area contributed by atoms with Gasteiger partial charge in [0, 0.05) is 36.8 Å². The van der Waals surface area contributed by atoms with Gasteiger partial charge in [0.15, 0.2) is 5.84 Å². The van der Waals surface area contributed by atoms with Crippen LogP contribution in [0.2, 0.25) is 0 Å². The van der Waals surface area contributed by atoms with E-state index in [1.807, 2.05) is 25.7 Å². The quantitative estimate of drug-likeness (QED) is 0.261. The van der Waals surface area contributed by atoms with E-state index in [0.29, 0.717) is 37.9 Å². The molecule has 0 bridgehead atoms. The number of carbonyl (C=O) groups is 1. The van der Waals surface area contributed by atoms with Crippen LogP contribution in [0.5, 0.6) is 0 Å². The molecule has 12 heteroatoms. The number of anilines is 2. The van der Waals surface area contributed by atoms with Crippen LogP contribution < -0.4 is 26.6 Å². The molecule has 0 atom stereocenters. The number of amidine groups is 2. The van der Waals surface area contributed by atoms with Crippen LogP contribution in [0.3, 0.4) is 0 Å². The molecule has 1 aromatic heterocycles. The van der Waals surface area contributed by atoms with Gasteiger partial charge in [0.05, 0.1) is 25.1 Å². The smallest absolute Gasteiger partial charge is 0.256 e. The van der Waals surface area contributed by atoms with Gasteiger partial charge in [-0.15, -0.1) is 0 Å². The minimum Gasteiger partial charge on any atom is -0.391 e. The average molecular weight is 524 g/mol. The van der Waals surface area contributed by atoms with E-state index < -0.39 is 11.7 Å². The first-order valence-corrected chi connectivity index (χ1v) is 12.0. The van der Waals surface area contributed by atoms with Crippen LogP contribution in [0.25, 0.3) is 0 Å². The summed E-state index contributed by atoms with van der Waals surface area (Å²) in [6.07, 6.45) is 4.53. The number of hydrogen-bond acceptors (Lipinski definition) is 9. The van der Waals surface area contributed by atoms with Crippen LogP contribution in [0.4, 0.5) is 21.7 Å². The molecular formula is C26H34FN9O2. The highest BCUT2D eigenvalue weighted by atomic mass is 19.1. The number of rotatable bonds is 8. The molecular weight excluding hydrogens is 489 g/mol. The van der Waals surface area contributed by atoms with Crippen molar-refractivity contribution in [1.82, 2.24) is 20.6 Å². The molecule has 0 saturated carbocycles. The third kappa shape index (κ3) is 7.13. The topological polar surface area (TPSA) is 154 Å². The highest BCUT2D eigenvalue weighted by Crippen LogP contribution is 2.24. The lowest BCUT2D eigenvalue weighted by atomic mass is 9.91. The van der Waals surface area contributed by atoms with E-state index in [0.717, 1.165) is 11.8 Å². The summed E-state index contributed by atoms with van der Waals surface area (Å²) >= 11 is 0. The lowest BCUT2D eigenvalue weighted by molar-refractivity contribution is 0.0977. The van der Waals surface area contributed by atoms with E-state index in [1.165, 1.54) is 24.4 Å². The van der Waals surface area contributed by atoms with Gasteiger partial charge in [0.2, 0.25) is 5.95 Å². The van der Waals surface area contributed by atoms with Crippen LogP contribution in [0.1, 0.15) is 36.8 Å².